The van der Waals surface area contributed by atoms with E-state index in [1.165, 1.54) is 18.5 Å². The number of fused-ring (bicyclic) bond motifs is 1. The monoisotopic (exact) mass is 455 g/mol. The number of nitrogens with one attached hydrogen (secondary N) is 2. The second kappa shape index (κ2) is 9.31. The molecule has 1 amide bonds. The van der Waals surface area contributed by atoms with Gasteiger partial charge in [-0.1, -0.05) is 6.58 Å². The number of aromatic nitrogens is 4. The van der Waals surface area contributed by atoms with Crippen LogP contribution in [0.5, 0.6) is 0 Å². The fourth-order valence-corrected chi connectivity index (χ4v) is 4.30. The molecule has 2 N–H and O–H groups in total. The van der Waals surface area contributed by atoms with E-state index in [4.69, 9.17) is 5.26 Å². The molecule has 2 aromatic heterocycles. The third-order valence-electron chi connectivity index (χ3n) is 6.26. The van der Waals surface area contributed by atoms with E-state index in [0.29, 0.717) is 23.1 Å². The first kappa shape index (κ1) is 21.6. The molecule has 2 fully saturated rings. The fourth-order valence-electron chi connectivity index (χ4n) is 4.30. The van der Waals surface area contributed by atoms with Crippen molar-refractivity contribution < 1.29 is 4.79 Å². The number of carbonyl (C=O) groups is 1. The van der Waals surface area contributed by atoms with Crippen LogP contribution in [0, 0.1) is 17.2 Å². The largest absolute Gasteiger partial charge is 0.354 e. The van der Waals surface area contributed by atoms with Crippen LogP contribution in [-0.2, 0) is 4.79 Å². The Kier molecular flexibility index (Phi) is 5.91. The van der Waals surface area contributed by atoms with Gasteiger partial charge in [0.25, 0.3) is 0 Å². The molecule has 0 spiro atoms. The van der Waals surface area contributed by atoms with E-state index in [9.17, 15) is 4.79 Å². The summed E-state index contributed by atoms with van der Waals surface area (Å²) >= 11 is 0. The van der Waals surface area contributed by atoms with E-state index in [-0.39, 0.29) is 5.91 Å². The Morgan fingerprint density at radius 2 is 1.91 bits per heavy atom. The molecule has 0 bridgehead atoms. The van der Waals surface area contributed by atoms with Gasteiger partial charge in [0.15, 0.2) is 11.6 Å². The summed E-state index contributed by atoms with van der Waals surface area (Å²) < 4.78 is 0. The van der Waals surface area contributed by atoms with E-state index in [0.717, 1.165) is 68.0 Å². The van der Waals surface area contributed by atoms with E-state index >= 15 is 0 Å². The third-order valence-corrected chi connectivity index (χ3v) is 6.26. The van der Waals surface area contributed by atoms with E-state index in [2.05, 4.69) is 47.2 Å². The van der Waals surface area contributed by atoms with Crippen LogP contribution in [0.15, 0.2) is 43.2 Å². The number of nitriles is 1. The molecule has 10 heteroatoms. The van der Waals surface area contributed by atoms with Crippen molar-refractivity contribution in [1.29, 1.82) is 5.26 Å². The lowest BCUT2D eigenvalue weighted by Crippen LogP contribution is -2.38. The van der Waals surface area contributed by atoms with Crippen molar-refractivity contribution >= 4 is 40.0 Å². The van der Waals surface area contributed by atoms with Crippen LogP contribution in [0.1, 0.15) is 18.4 Å². The zero-order valence-electron chi connectivity index (χ0n) is 18.7. The molecule has 5 rings (SSSR count). The van der Waals surface area contributed by atoms with Gasteiger partial charge >= 0.3 is 0 Å². The summed E-state index contributed by atoms with van der Waals surface area (Å²) in [6.45, 7) is 7.90. The quantitative estimate of drug-likeness (QED) is 0.517. The molecule has 2 aliphatic rings. The van der Waals surface area contributed by atoms with E-state index in [1.807, 2.05) is 24.3 Å². The molecule has 1 unspecified atom stereocenters. The number of carbonyl (C=O) groups excluding carboxylic acids is 1. The molecule has 0 saturated carbocycles. The fraction of sp³-hybridized carbons (Fsp3) is 0.333. The molecule has 10 nitrogen and oxygen atoms in total. The van der Waals surface area contributed by atoms with E-state index in [1.54, 1.807) is 0 Å². The van der Waals surface area contributed by atoms with Crippen molar-refractivity contribution in [3.63, 3.8) is 0 Å². The van der Waals surface area contributed by atoms with Crippen LogP contribution >= 0.6 is 0 Å². The minimum Gasteiger partial charge on any atom is -0.354 e. The summed E-state index contributed by atoms with van der Waals surface area (Å²) in [5.41, 5.74) is 1.15. The predicted octanol–water partition coefficient (Wildman–Crippen LogP) is 2.56. The molecule has 34 heavy (non-hydrogen) atoms. The molecular formula is C24H25N9O. The van der Waals surface area contributed by atoms with Crippen LogP contribution in [0.4, 0.5) is 23.3 Å². The van der Waals surface area contributed by atoms with Gasteiger partial charge in [0.2, 0.25) is 11.9 Å². The Bertz CT molecular complexity index is 1260. The topological polar surface area (TPSA) is 123 Å². The van der Waals surface area contributed by atoms with Gasteiger partial charge < -0.3 is 20.4 Å². The highest BCUT2D eigenvalue weighted by molar-refractivity contribution is 6.04. The van der Waals surface area contributed by atoms with E-state index < -0.39 is 0 Å². The zero-order valence-corrected chi connectivity index (χ0v) is 18.7. The second-order valence-corrected chi connectivity index (χ2v) is 8.53. The molecular weight excluding hydrogens is 430 g/mol. The molecule has 4 heterocycles. The smallest absolute Gasteiger partial charge is 0.247 e. The Hall–Kier alpha value is -4.26. The average molecular weight is 456 g/mol. The minimum atomic E-state index is -0.242. The SMILES string of the molecule is C=CC(=O)Nc1ccc2c(N3CCC(CNc4ncc(C#N)cn4)C3)nnc(N3CCC3)c2c1. The van der Waals surface area contributed by atoms with Crippen LogP contribution in [0.25, 0.3) is 10.8 Å². The highest BCUT2D eigenvalue weighted by Crippen LogP contribution is 2.36. The molecule has 1 atom stereocenters. The average Bonchev–Trinajstić information content (AvgIpc) is 3.31. The summed E-state index contributed by atoms with van der Waals surface area (Å²) in [7, 11) is 0. The van der Waals surface area contributed by atoms with Gasteiger partial charge in [-0.15, -0.1) is 10.2 Å². The Morgan fingerprint density at radius 1 is 1.15 bits per heavy atom. The molecule has 172 valence electrons. The lowest BCUT2D eigenvalue weighted by molar-refractivity contribution is -0.111. The first-order valence-electron chi connectivity index (χ1n) is 11.3. The molecule has 0 aliphatic carbocycles. The normalized spacial score (nSPS) is 17.2. The van der Waals surface area contributed by atoms with Crippen LogP contribution in [0.2, 0.25) is 0 Å². The van der Waals surface area contributed by atoms with Crippen molar-refractivity contribution in [2.75, 3.05) is 53.2 Å². The lowest BCUT2D eigenvalue weighted by Gasteiger charge is -2.33. The number of amides is 1. The standard InChI is InChI=1S/C24H25N9O/c1-2-21(34)29-18-4-5-19-20(10-18)23(32-7-3-8-32)31-30-22(19)33-9-6-16(15-33)12-26-24-27-13-17(11-25)14-28-24/h2,4-5,10,13-14,16H,1,3,6-9,12,15H2,(H,29,34)(H,26,27,28). The van der Waals surface area contributed by atoms with Crippen molar-refractivity contribution in [3.8, 4) is 6.07 Å². The molecule has 2 saturated heterocycles. The van der Waals surface area contributed by atoms with Gasteiger partial charge in [-0.05, 0) is 43.0 Å². The Morgan fingerprint density at radius 3 is 2.59 bits per heavy atom. The summed E-state index contributed by atoms with van der Waals surface area (Å²) in [4.78, 5) is 24.7. The minimum absolute atomic E-state index is 0.242. The van der Waals surface area contributed by atoms with Crippen LogP contribution in [0.3, 0.4) is 0 Å². The lowest BCUT2D eigenvalue weighted by atomic mass is 10.1. The number of hydrogen-bond acceptors (Lipinski definition) is 9. The molecule has 1 aromatic carbocycles. The first-order valence-corrected chi connectivity index (χ1v) is 11.3. The second-order valence-electron chi connectivity index (χ2n) is 8.53. The molecule has 0 radical (unpaired) electrons. The van der Waals surface area contributed by atoms with Crippen molar-refractivity contribution in [1.82, 2.24) is 20.2 Å². The summed E-state index contributed by atoms with van der Waals surface area (Å²) in [5.74, 6) is 2.40. The van der Waals surface area contributed by atoms with Gasteiger partial charge in [-0.25, -0.2) is 9.97 Å². The third kappa shape index (κ3) is 4.32. The maximum atomic E-state index is 11.8. The van der Waals surface area contributed by atoms with Gasteiger partial charge in [-0.2, -0.15) is 5.26 Å². The number of nitrogens with zero attached hydrogens (tertiary/aromatic N) is 7. The predicted molar refractivity (Wildman–Crippen MR) is 131 cm³/mol. The molecule has 2 aliphatic heterocycles. The zero-order chi connectivity index (χ0) is 23.5. The number of hydrogen-bond donors (Lipinski definition) is 2. The summed E-state index contributed by atoms with van der Waals surface area (Å²) in [6, 6.07) is 7.90. The summed E-state index contributed by atoms with van der Waals surface area (Å²) in [5, 5.41) is 26.2. The van der Waals surface area contributed by atoms with Crippen LogP contribution in [-0.4, -0.2) is 58.8 Å². The number of benzene rings is 1. The van der Waals surface area contributed by atoms with Gasteiger partial charge in [0.1, 0.15) is 6.07 Å². The van der Waals surface area contributed by atoms with Crippen molar-refractivity contribution in [2.45, 2.75) is 12.8 Å². The Labute approximate surface area is 197 Å². The number of anilines is 4. The number of rotatable bonds is 7. The highest BCUT2D eigenvalue weighted by atomic mass is 16.1. The van der Waals surface area contributed by atoms with Gasteiger partial charge in [0.05, 0.1) is 18.0 Å². The van der Waals surface area contributed by atoms with Crippen LogP contribution < -0.4 is 20.4 Å². The Balaban J connectivity index is 1.35. The van der Waals surface area contributed by atoms with Gasteiger partial charge in [0, 0.05) is 49.2 Å². The van der Waals surface area contributed by atoms with Gasteiger partial charge in [-0.3, -0.25) is 4.79 Å². The summed E-state index contributed by atoms with van der Waals surface area (Å²) in [6.07, 6.45) is 6.44. The van der Waals surface area contributed by atoms with Crippen molar-refractivity contribution in [3.05, 3.63) is 48.8 Å². The maximum Gasteiger partial charge on any atom is 0.247 e. The maximum absolute atomic E-state index is 11.8. The highest BCUT2D eigenvalue weighted by Gasteiger charge is 2.27. The molecule has 3 aromatic rings. The van der Waals surface area contributed by atoms with Crippen molar-refractivity contribution in [2.24, 2.45) is 5.92 Å². The first-order chi connectivity index (χ1) is 16.6.